The number of hydrogen-bond acceptors (Lipinski definition) is 3. The molecule has 162 valence electrons. The van der Waals surface area contributed by atoms with Crippen LogP contribution in [0.4, 0.5) is 0 Å². The molecule has 2 aromatic rings. The highest BCUT2D eigenvalue weighted by Crippen LogP contribution is 2.25. The Hall–Kier alpha value is -1.74. The minimum Gasteiger partial charge on any atom is -0.356 e. The lowest BCUT2D eigenvalue weighted by Crippen LogP contribution is -2.41. The van der Waals surface area contributed by atoms with Crippen molar-refractivity contribution in [1.82, 2.24) is 15.5 Å². The maximum Gasteiger partial charge on any atom is 0.222 e. The van der Waals surface area contributed by atoms with Crippen molar-refractivity contribution in [1.29, 1.82) is 0 Å². The number of amides is 1. The normalized spacial score (nSPS) is 16.1. The summed E-state index contributed by atoms with van der Waals surface area (Å²) in [7, 11) is 1.81. The van der Waals surface area contributed by atoms with Crippen LogP contribution in [-0.4, -0.2) is 49.2 Å². The molecular formula is C23H31IN4OS. The summed E-state index contributed by atoms with van der Waals surface area (Å²) in [5.41, 5.74) is 1.11. The molecule has 1 saturated heterocycles. The first-order valence-electron chi connectivity index (χ1n) is 10.2. The van der Waals surface area contributed by atoms with E-state index in [1.807, 2.05) is 49.1 Å². The van der Waals surface area contributed by atoms with Crippen LogP contribution >= 0.6 is 35.7 Å². The molecule has 1 aliphatic heterocycles. The quantitative estimate of drug-likeness (QED) is 0.231. The van der Waals surface area contributed by atoms with Crippen molar-refractivity contribution in [2.24, 2.45) is 10.9 Å². The summed E-state index contributed by atoms with van der Waals surface area (Å²) >= 11 is 1.92. The highest BCUT2D eigenvalue weighted by molar-refractivity contribution is 14.0. The highest BCUT2D eigenvalue weighted by Gasteiger charge is 2.24. The van der Waals surface area contributed by atoms with Gasteiger partial charge in [-0.25, -0.2) is 0 Å². The third-order valence-electron chi connectivity index (χ3n) is 4.99. The third-order valence-corrected chi connectivity index (χ3v) is 6.24. The first kappa shape index (κ1) is 24.5. The molecule has 5 nitrogen and oxygen atoms in total. The van der Waals surface area contributed by atoms with Gasteiger partial charge in [-0.05, 0) is 30.0 Å². The molecule has 30 heavy (non-hydrogen) atoms. The van der Waals surface area contributed by atoms with Gasteiger partial charge in [0, 0.05) is 50.3 Å². The van der Waals surface area contributed by atoms with Crippen LogP contribution in [0.3, 0.4) is 0 Å². The van der Waals surface area contributed by atoms with E-state index in [1.165, 1.54) is 11.3 Å². The second-order valence-corrected chi connectivity index (χ2v) is 8.30. The number of guanidine groups is 1. The van der Waals surface area contributed by atoms with E-state index in [-0.39, 0.29) is 29.9 Å². The predicted molar refractivity (Wildman–Crippen MR) is 137 cm³/mol. The number of nitrogens with zero attached hydrogens (tertiary/aromatic N) is 2. The Morgan fingerprint density at radius 2 is 1.80 bits per heavy atom. The maximum absolute atomic E-state index is 12.1. The summed E-state index contributed by atoms with van der Waals surface area (Å²) in [6, 6.07) is 20.5. The van der Waals surface area contributed by atoms with Crippen LogP contribution in [0.5, 0.6) is 0 Å². The maximum atomic E-state index is 12.1. The average Bonchev–Trinajstić information content (AvgIpc) is 3.24. The Kier molecular flexibility index (Phi) is 11.1. The van der Waals surface area contributed by atoms with Gasteiger partial charge in [0.15, 0.2) is 5.96 Å². The Morgan fingerprint density at radius 3 is 2.50 bits per heavy atom. The molecule has 1 aliphatic rings. The Labute approximate surface area is 201 Å². The summed E-state index contributed by atoms with van der Waals surface area (Å²) in [5.74, 6) is 2.73. The molecule has 2 N–H and O–H groups in total. The Bertz CT molecular complexity index is 788. The highest BCUT2D eigenvalue weighted by atomic mass is 127. The van der Waals surface area contributed by atoms with Crippen molar-refractivity contribution in [2.45, 2.75) is 24.3 Å². The number of carbonyl (C=O) groups is 1. The van der Waals surface area contributed by atoms with Gasteiger partial charge in [-0.15, -0.1) is 35.7 Å². The topological polar surface area (TPSA) is 56.7 Å². The molecule has 0 spiro atoms. The molecule has 1 unspecified atom stereocenters. The summed E-state index contributed by atoms with van der Waals surface area (Å²) < 4.78 is 0. The third kappa shape index (κ3) is 8.18. The molecule has 0 saturated carbocycles. The van der Waals surface area contributed by atoms with Crippen molar-refractivity contribution < 1.29 is 4.79 Å². The van der Waals surface area contributed by atoms with E-state index in [4.69, 9.17) is 0 Å². The number of nitrogens with one attached hydrogen (secondary N) is 2. The summed E-state index contributed by atoms with van der Waals surface area (Å²) in [6.07, 6.45) is 1.62. The zero-order chi connectivity index (χ0) is 20.3. The minimum absolute atomic E-state index is 0. The predicted octanol–water partition coefficient (Wildman–Crippen LogP) is 4.00. The van der Waals surface area contributed by atoms with Crippen LogP contribution in [0, 0.1) is 5.92 Å². The number of rotatable bonds is 8. The fraction of sp³-hybridized carbons (Fsp3) is 0.391. The molecule has 1 fully saturated rings. The van der Waals surface area contributed by atoms with Gasteiger partial charge in [-0.1, -0.05) is 48.5 Å². The van der Waals surface area contributed by atoms with Gasteiger partial charge in [-0.2, -0.15) is 0 Å². The zero-order valence-corrected chi connectivity index (χ0v) is 20.6. The van der Waals surface area contributed by atoms with Gasteiger partial charge in [0.25, 0.3) is 0 Å². The van der Waals surface area contributed by atoms with Crippen molar-refractivity contribution >= 4 is 47.6 Å². The number of benzene rings is 2. The van der Waals surface area contributed by atoms with Gasteiger partial charge >= 0.3 is 0 Å². The van der Waals surface area contributed by atoms with E-state index in [0.29, 0.717) is 25.4 Å². The van der Waals surface area contributed by atoms with Crippen LogP contribution in [-0.2, 0) is 11.3 Å². The van der Waals surface area contributed by atoms with Crippen molar-refractivity contribution in [3.63, 3.8) is 0 Å². The molecule has 0 radical (unpaired) electrons. The first-order valence-corrected chi connectivity index (χ1v) is 11.2. The van der Waals surface area contributed by atoms with Crippen molar-refractivity contribution in [3.8, 4) is 0 Å². The van der Waals surface area contributed by atoms with Gasteiger partial charge in [0.2, 0.25) is 5.91 Å². The van der Waals surface area contributed by atoms with Crippen LogP contribution in [0.1, 0.15) is 18.4 Å². The van der Waals surface area contributed by atoms with E-state index in [9.17, 15) is 4.79 Å². The van der Waals surface area contributed by atoms with Crippen LogP contribution in [0.25, 0.3) is 0 Å². The van der Waals surface area contributed by atoms with Crippen molar-refractivity contribution in [3.05, 3.63) is 66.2 Å². The number of likely N-dealkylation sites (tertiary alicyclic amines) is 1. The Morgan fingerprint density at radius 1 is 1.10 bits per heavy atom. The lowest BCUT2D eigenvalue weighted by atomic mass is 10.2. The van der Waals surface area contributed by atoms with Gasteiger partial charge < -0.3 is 15.5 Å². The molecule has 7 heteroatoms. The zero-order valence-electron chi connectivity index (χ0n) is 17.4. The van der Waals surface area contributed by atoms with Crippen LogP contribution in [0.2, 0.25) is 0 Å². The van der Waals surface area contributed by atoms with E-state index in [0.717, 1.165) is 30.4 Å². The number of hydrogen-bond donors (Lipinski definition) is 2. The van der Waals surface area contributed by atoms with Gasteiger partial charge in [-0.3, -0.25) is 9.79 Å². The molecule has 1 atom stereocenters. The lowest BCUT2D eigenvalue weighted by Gasteiger charge is -2.21. The second-order valence-electron chi connectivity index (χ2n) is 7.21. The summed E-state index contributed by atoms with van der Waals surface area (Å²) in [6.45, 7) is 3.19. The molecule has 1 amide bonds. The van der Waals surface area contributed by atoms with E-state index < -0.39 is 0 Å². The minimum atomic E-state index is 0. The average molecular weight is 538 g/mol. The van der Waals surface area contributed by atoms with E-state index >= 15 is 0 Å². The van der Waals surface area contributed by atoms with E-state index in [2.05, 4.69) is 50.9 Å². The summed E-state index contributed by atoms with van der Waals surface area (Å²) in [4.78, 5) is 20.1. The fourth-order valence-electron chi connectivity index (χ4n) is 3.40. The Balaban J connectivity index is 0.00000320. The monoisotopic (exact) mass is 538 g/mol. The largest absolute Gasteiger partial charge is 0.356 e. The van der Waals surface area contributed by atoms with Crippen molar-refractivity contribution in [2.75, 3.05) is 32.4 Å². The lowest BCUT2D eigenvalue weighted by molar-refractivity contribution is -0.121. The standard InChI is InChI=1S/C23H30N4OS.HI/c1-24-23(25-14-12-22(28)26-16-19-8-4-2-5-9-19)27-15-13-20(17-27)18-29-21-10-6-3-7-11-21;/h2-11,20H,12-18H2,1H3,(H,24,25)(H,26,28);1H. The molecule has 2 aromatic carbocycles. The summed E-state index contributed by atoms with van der Waals surface area (Å²) in [5, 5.41) is 6.31. The van der Waals surface area contributed by atoms with Crippen LogP contribution < -0.4 is 10.6 Å². The number of halogens is 1. The molecule has 0 aromatic heterocycles. The number of thioether (sulfide) groups is 1. The van der Waals surface area contributed by atoms with E-state index in [1.54, 1.807) is 0 Å². The van der Waals surface area contributed by atoms with Crippen LogP contribution in [0.15, 0.2) is 70.6 Å². The van der Waals surface area contributed by atoms with Gasteiger partial charge in [0.1, 0.15) is 0 Å². The number of aliphatic imine (C=N–C) groups is 1. The first-order chi connectivity index (χ1) is 14.2. The molecule has 1 heterocycles. The molecular weight excluding hydrogens is 507 g/mol. The molecule has 0 aliphatic carbocycles. The smallest absolute Gasteiger partial charge is 0.222 e. The SMILES string of the molecule is CN=C(NCCC(=O)NCc1ccccc1)N1CCC(CSc2ccccc2)C1.I. The molecule has 0 bridgehead atoms. The second kappa shape index (κ2) is 13.5. The van der Waals surface area contributed by atoms with Gasteiger partial charge in [0.05, 0.1) is 0 Å². The number of carbonyl (C=O) groups excluding carboxylic acids is 1. The fourth-order valence-corrected chi connectivity index (χ4v) is 4.45. The molecule has 3 rings (SSSR count).